The summed E-state index contributed by atoms with van der Waals surface area (Å²) in [7, 11) is -5.07. The minimum Gasteiger partial charge on any atom is -0.394 e. The van der Waals surface area contributed by atoms with Crippen molar-refractivity contribution in [2.45, 2.75) is 275 Å². The summed E-state index contributed by atoms with van der Waals surface area (Å²) >= 11 is 0. The van der Waals surface area contributed by atoms with Gasteiger partial charge in [-0.05, 0) is 12.8 Å². The molecule has 0 aromatic carbocycles. The van der Waals surface area contributed by atoms with Gasteiger partial charge in [0.2, 0.25) is 5.91 Å². The number of nitrogens with one attached hydrogen (secondary N) is 1. The van der Waals surface area contributed by atoms with Crippen LogP contribution in [0.1, 0.15) is 232 Å². The Labute approximate surface area is 360 Å². The Kier molecular flexibility index (Phi) is 35.8. The molecule has 1 aliphatic rings. The van der Waals surface area contributed by atoms with E-state index in [0.717, 1.165) is 51.4 Å². The number of amides is 1. The fourth-order valence-corrected chi connectivity index (χ4v) is 8.62. The van der Waals surface area contributed by atoms with Gasteiger partial charge < -0.3 is 35.2 Å². The first-order valence-corrected chi connectivity index (χ1v) is 25.8. The first-order valence-electron chi connectivity index (χ1n) is 24.4. The van der Waals surface area contributed by atoms with Gasteiger partial charge in [-0.1, -0.05) is 213 Å². The van der Waals surface area contributed by atoms with E-state index >= 15 is 0 Å². The van der Waals surface area contributed by atoms with Gasteiger partial charge in [-0.3, -0.25) is 9.35 Å². The zero-order chi connectivity index (χ0) is 43.4. The molecular weight excluding hydrogens is 775 g/mol. The van der Waals surface area contributed by atoms with Crippen molar-refractivity contribution in [3.63, 3.8) is 0 Å². The summed E-state index contributed by atoms with van der Waals surface area (Å²) < 4.78 is 47.7. The molecule has 0 bridgehead atoms. The molecule has 0 spiro atoms. The zero-order valence-corrected chi connectivity index (χ0v) is 38.4. The van der Waals surface area contributed by atoms with Crippen molar-refractivity contribution in [1.29, 1.82) is 0 Å². The SMILES string of the molecule is CCCCCCCCCCCCCCCCCCCCCCC(=O)NC(COC1OC(CO)C(O)C(OS(=O)(=O)O)C1O)C(O)CCCCCCCCCCCCCC. The molecule has 0 aliphatic carbocycles. The highest BCUT2D eigenvalue weighted by atomic mass is 32.3. The maximum absolute atomic E-state index is 13.1. The molecule has 0 saturated carbocycles. The van der Waals surface area contributed by atoms with Crippen LogP contribution in [0.4, 0.5) is 0 Å². The van der Waals surface area contributed by atoms with Crippen LogP contribution in [-0.2, 0) is 28.9 Å². The predicted molar refractivity (Wildman–Crippen MR) is 236 cm³/mol. The number of aliphatic hydroxyl groups excluding tert-OH is 4. The molecule has 7 atom stereocenters. The van der Waals surface area contributed by atoms with Crippen molar-refractivity contribution in [2.24, 2.45) is 0 Å². The first kappa shape index (κ1) is 56.1. The van der Waals surface area contributed by atoms with Crippen LogP contribution in [0.25, 0.3) is 0 Å². The molecule has 0 aromatic heterocycles. The third kappa shape index (κ3) is 30.7. The van der Waals surface area contributed by atoms with Crippen molar-refractivity contribution >= 4 is 16.3 Å². The lowest BCUT2D eigenvalue weighted by Crippen LogP contribution is -2.61. The molecular formula is C46H91NO11S. The molecule has 13 heteroatoms. The van der Waals surface area contributed by atoms with Crippen LogP contribution in [0.15, 0.2) is 0 Å². The monoisotopic (exact) mass is 866 g/mol. The van der Waals surface area contributed by atoms with E-state index in [1.807, 2.05) is 0 Å². The van der Waals surface area contributed by atoms with E-state index < -0.39 is 59.9 Å². The van der Waals surface area contributed by atoms with Gasteiger partial charge >= 0.3 is 10.4 Å². The Balaban J connectivity index is 2.41. The zero-order valence-electron chi connectivity index (χ0n) is 37.6. The Hall–Kier alpha value is -0.900. The van der Waals surface area contributed by atoms with Gasteiger partial charge in [-0.15, -0.1) is 0 Å². The molecule has 1 amide bonds. The second-order valence-electron chi connectivity index (χ2n) is 17.4. The summed E-state index contributed by atoms with van der Waals surface area (Å²) in [6, 6.07) is -0.850. The standard InChI is InChI=1S/C46H91NO11S/c1-3-5-7-9-11-13-15-17-18-19-20-21-22-23-24-26-28-30-32-34-36-42(50)47-39(40(49)35-33-31-29-27-25-16-14-12-10-8-6-4-2)38-56-46-44(52)45(58-59(53,54)55)43(51)41(37-48)57-46/h39-41,43-46,48-49,51-52H,3-38H2,1-2H3,(H,47,50)(H,53,54,55). The molecule has 1 aliphatic heterocycles. The number of unbranched alkanes of at least 4 members (excludes halogenated alkanes) is 30. The van der Waals surface area contributed by atoms with Gasteiger partial charge in [0.05, 0.1) is 25.4 Å². The molecule has 12 nitrogen and oxygen atoms in total. The fraction of sp³-hybridized carbons (Fsp3) is 0.978. The van der Waals surface area contributed by atoms with Gasteiger partial charge in [0.25, 0.3) is 0 Å². The van der Waals surface area contributed by atoms with Crippen molar-refractivity contribution < 1.29 is 51.8 Å². The van der Waals surface area contributed by atoms with Gasteiger partial charge in [-0.25, -0.2) is 4.18 Å². The van der Waals surface area contributed by atoms with Crippen LogP contribution >= 0.6 is 0 Å². The Morgan fingerprint density at radius 2 is 0.983 bits per heavy atom. The van der Waals surface area contributed by atoms with E-state index in [2.05, 4.69) is 23.3 Å². The maximum Gasteiger partial charge on any atom is 0.397 e. The molecule has 6 N–H and O–H groups in total. The Morgan fingerprint density at radius 3 is 1.36 bits per heavy atom. The second kappa shape index (κ2) is 37.6. The minimum absolute atomic E-state index is 0.226. The van der Waals surface area contributed by atoms with Crippen molar-refractivity contribution in [2.75, 3.05) is 13.2 Å². The summed E-state index contributed by atoms with van der Waals surface area (Å²) in [5.74, 6) is -0.226. The number of hydrogen-bond acceptors (Lipinski definition) is 10. The molecule has 352 valence electrons. The van der Waals surface area contributed by atoms with E-state index in [9.17, 15) is 38.2 Å². The van der Waals surface area contributed by atoms with E-state index in [1.54, 1.807) is 0 Å². The number of hydrogen-bond donors (Lipinski definition) is 6. The number of carbonyl (C=O) groups is 1. The largest absolute Gasteiger partial charge is 0.397 e. The number of ether oxygens (including phenoxy) is 2. The summed E-state index contributed by atoms with van der Waals surface area (Å²) in [4.78, 5) is 13.1. The molecule has 1 heterocycles. The molecule has 1 saturated heterocycles. The van der Waals surface area contributed by atoms with Gasteiger partial charge in [0.1, 0.15) is 24.4 Å². The molecule has 59 heavy (non-hydrogen) atoms. The van der Waals surface area contributed by atoms with Crippen LogP contribution in [0.3, 0.4) is 0 Å². The topological polar surface area (TPSA) is 192 Å². The van der Waals surface area contributed by atoms with Crippen molar-refractivity contribution in [3.05, 3.63) is 0 Å². The van der Waals surface area contributed by atoms with Crippen LogP contribution in [0, 0.1) is 0 Å². The quantitative estimate of drug-likeness (QED) is 0.0253. The number of aliphatic hydroxyl groups is 4. The summed E-state index contributed by atoms with van der Waals surface area (Å²) in [5, 5.41) is 44.8. The Bertz CT molecular complexity index is 1070. The predicted octanol–water partition coefficient (Wildman–Crippen LogP) is 9.78. The molecule has 0 radical (unpaired) electrons. The van der Waals surface area contributed by atoms with E-state index in [-0.39, 0.29) is 12.5 Å². The third-order valence-electron chi connectivity index (χ3n) is 11.9. The van der Waals surface area contributed by atoms with Crippen LogP contribution in [0.2, 0.25) is 0 Å². The van der Waals surface area contributed by atoms with E-state index in [1.165, 1.54) is 154 Å². The van der Waals surface area contributed by atoms with Crippen LogP contribution in [-0.4, -0.2) is 95.4 Å². The minimum atomic E-state index is -5.07. The highest BCUT2D eigenvalue weighted by Gasteiger charge is 2.48. The molecule has 0 aromatic rings. The molecule has 1 rings (SSSR count). The maximum atomic E-state index is 13.1. The lowest BCUT2D eigenvalue weighted by Gasteiger charge is -2.41. The number of carbonyl (C=O) groups excluding carboxylic acids is 1. The first-order chi connectivity index (χ1) is 28.5. The average molecular weight is 866 g/mol. The Morgan fingerprint density at radius 1 is 0.610 bits per heavy atom. The van der Waals surface area contributed by atoms with Gasteiger partial charge in [-0.2, -0.15) is 8.42 Å². The van der Waals surface area contributed by atoms with Crippen molar-refractivity contribution in [1.82, 2.24) is 5.32 Å². The number of rotatable bonds is 42. The lowest BCUT2D eigenvalue weighted by molar-refractivity contribution is -0.298. The summed E-state index contributed by atoms with van der Waals surface area (Å²) in [6.07, 6.45) is 31.1. The smallest absolute Gasteiger partial charge is 0.394 e. The highest BCUT2D eigenvalue weighted by Crippen LogP contribution is 2.26. The summed E-state index contributed by atoms with van der Waals surface area (Å²) in [5.41, 5.74) is 0. The molecule has 7 unspecified atom stereocenters. The summed E-state index contributed by atoms with van der Waals surface area (Å²) in [6.45, 7) is 3.46. The van der Waals surface area contributed by atoms with Crippen LogP contribution < -0.4 is 5.32 Å². The normalized spacial score (nSPS) is 20.8. The second-order valence-corrected chi connectivity index (χ2v) is 18.5. The van der Waals surface area contributed by atoms with Gasteiger partial charge in [0.15, 0.2) is 6.29 Å². The third-order valence-corrected chi connectivity index (χ3v) is 12.4. The van der Waals surface area contributed by atoms with Crippen molar-refractivity contribution in [3.8, 4) is 0 Å². The highest BCUT2D eigenvalue weighted by molar-refractivity contribution is 7.80. The van der Waals surface area contributed by atoms with E-state index in [0.29, 0.717) is 12.8 Å². The van der Waals surface area contributed by atoms with Gasteiger partial charge in [0, 0.05) is 6.42 Å². The fourth-order valence-electron chi connectivity index (χ4n) is 8.11. The lowest BCUT2D eigenvalue weighted by atomic mass is 9.99. The van der Waals surface area contributed by atoms with E-state index in [4.69, 9.17) is 9.47 Å². The molecule has 1 fully saturated rings. The van der Waals surface area contributed by atoms with Crippen LogP contribution in [0.5, 0.6) is 0 Å². The average Bonchev–Trinajstić information content (AvgIpc) is 3.20.